The molecular weight excluding hydrogens is 1070 g/mol. The zero-order valence-electron chi connectivity index (χ0n) is 59.3. The summed E-state index contributed by atoms with van der Waals surface area (Å²) in [6.07, 6.45) is 98.5. The lowest BCUT2D eigenvalue weighted by Gasteiger charge is -2.22. The number of nitrogens with one attached hydrogen (secondary N) is 1. The van der Waals surface area contributed by atoms with Gasteiger partial charge >= 0.3 is 5.97 Å². The average molecular weight is 1230 g/mol. The second-order valence-corrected chi connectivity index (χ2v) is 27.8. The van der Waals surface area contributed by atoms with E-state index >= 15 is 0 Å². The van der Waals surface area contributed by atoms with Crippen LogP contribution in [0, 0.1) is 0 Å². The minimum atomic E-state index is -0.662. The minimum Gasteiger partial charge on any atom is -0.466 e. The fraction of sp³-hybridized carbons (Fsp3) is 0.926. The molecule has 0 saturated carbocycles. The molecule has 0 aromatic rings. The van der Waals surface area contributed by atoms with E-state index in [9.17, 15) is 19.8 Å². The lowest BCUT2D eigenvalue weighted by atomic mass is 10.0. The summed E-state index contributed by atoms with van der Waals surface area (Å²) >= 11 is 0. The van der Waals surface area contributed by atoms with Crippen LogP contribution in [0.1, 0.15) is 457 Å². The van der Waals surface area contributed by atoms with Gasteiger partial charge in [-0.3, -0.25) is 9.59 Å². The summed E-state index contributed by atoms with van der Waals surface area (Å²) in [6, 6.07) is -0.539. The summed E-state index contributed by atoms with van der Waals surface area (Å²) < 4.78 is 5.52. The van der Waals surface area contributed by atoms with Crippen molar-refractivity contribution in [3.05, 3.63) is 24.3 Å². The Morgan fingerprint density at radius 3 is 0.874 bits per heavy atom. The van der Waals surface area contributed by atoms with Crippen LogP contribution in [0.5, 0.6) is 0 Å². The lowest BCUT2D eigenvalue weighted by Crippen LogP contribution is -2.45. The molecule has 0 spiro atoms. The molecule has 0 aromatic carbocycles. The topological polar surface area (TPSA) is 95.9 Å². The number of carbonyl (C=O) groups is 2. The molecule has 0 radical (unpaired) electrons. The molecule has 0 aliphatic carbocycles. The highest BCUT2D eigenvalue weighted by atomic mass is 16.5. The van der Waals surface area contributed by atoms with Gasteiger partial charge in [0, 0.05) is 12.8 Å². The quantitative estimate of drug-likeness (QED) is 0.0320. The lowest BCUT2D eigenvalue weighted by molar-refractivity contribution is -0.143. The highest BCUT2D eigenvalue weighted by molar-refractivity contribution is 5.76. The smallest absolute Gasteiger partial charge is 0.305 e. The monoisotopic (exact) mass is 1220 g/mol. The fourth-order valence-electron chi connectivity index (χ4n) is 12.9. The van der Waals surface area contributed by atoms with E-state index in [0.29, 0.717) is 25.9 Å². The third kappa shape index (κ3) is 73.3. The van der Waals surface area contributed by atoms with E-state index in [0.717, 1.165) is 44.9 Å². The van der Waals surface area contributed by atoms with Crippen molar-refractivity contribution in [1.82, 2.24) is 5.32 Å². The van der Waals surface area contributed by atoms with Crippen LogP contribution in [0.4, 0.5) is 0 Å². The summed E-state index contributed by atoms with van der Waals surface area (Å²) in [5, 5.41) is 23.4. The van der Waals surface area contributed by atoms with Crippen LogP contribution in [0.25, 0.3) is 0 Å². The number of esters is 1. The van der Waals surface area contributed by atoms with E-state index in [1.54, 1.807) is 0 Å². The molecule has 0 aromatic heterocycles. The van der Waals surface area contributed by atoms with Crippen LogP contribution in [0.15, 0.2) is 24.3 Å². The third-order valence-electron chi connectivity index (χ3n) is 19.0. The number of aliphatic hydroxyl groups is 2. The van der Waals surface area contributed by atoms with E-state index in [-0.39, 0.29) is 18.5 Å². The molecule has 0 aliphatic rings. The Morgan fingerprint density at radius 2 is 0.575 bits per heavy atom. The molecule has 3 N–H and O–H groups in total. The summed E-state index contributed by atoms with van der Waals surface area (Å²) in [6.45, 7) is 5.01. The van der Waals surface area contributed by atoms with Crippen molar-refractivity contribution in [1.29, 1.82) is 0 Å². The Morgan fingerprint density at radius 1 is 0.322 bits per heavy atom. The Balaban J connectivity index is 3.33. The molecule has 0 fully saturated rings. The van der Waals surface area contributed by atoms with Crippen molar-refractivity contribution in [3.8, 4) is 0 Å². The molecule has 87 heavy (non-hydrogen) atoms. The van der Waals surface area contributed by atoms with Crippen LogP contribution in [-0.4, -0.2) is 47.4 Å². The van der Waals surface area contributed by atoms with E-state index in [2.05, 4.69) is 43.5 Å². The molecule has 6 nitrogen and oxygen atoms in total. The molecule has 2 atom stereocenters. The Kier molecular flexibility index (Phi) is 75.3. The maximum atomic E-state index is 12.5. The normalized spacial score (nSPS) is 12.6. The number of hydrogen-bond donors (Lipinski definition) is 3. The van der Waals surface area contributed by atoms with Crippen LogP contribution >= 0.6 is 0 Å². The van der Waals surface area contributed by atoms with Gasteiger partial charge in [0.1, 0.15) is 0 Å². The van der Waals surface area contributed by atoms with Gasteiger partial charge in [0.15, 0.2) is 0 Å². The first-order valence-corrected chi connectivity index (χ1v) is 40.1. The number of ether oxygens (including phenoxy) is 1. The van der Waals surface area contributed by atoms with Crippen molar-refractivity contribution in [3.63, 3.8) is 0 Å². The molecule has 0 rings (SSSR count). The maximum absolute atomic E-state index is 12.5. The minimum absolute atomic E-state index is 0.0242. The molecule has 0 saturated heterocycles. The van der Waals surface area contributed by atoms with E-state index in [1.165, 1.54) is 379 Å². The molecule has 2 unspecified atom stereocenters. The van der Waals surface area contributed by atoms with Gasteiger partial charge in [-0.15, -0.1) is 0 Å². The standard InChI is InChI=1S/C81H157NO5/c1-3-5-7-9-11-13-15-17-19-20-43-47-51-55-59-63-67-71-75-81(86)87-76-72-68-64-60-56-52-48-44-41-39-37-35-33-31-29-27-25-23-21-22-24-26-28-30-32-34-36-38-40-42-46-50-54-58-62-66-70-74-80(85)82-78(77-83)79(84)73-69-65-61-57-53-49-45-18-16-14-12-10-8-6-4-2/h21,23,27,29,78-79,83-84H,3-20,22,24-26,28,30-77H2,1-2H3,(H,82,85)/b23-21-,29-27-. The van der Waals surface area contributed by atoms with Crippen LogP contribution in [-0.2, 0) is 14.3 Å². The Bertz CT molecular complexity index is 1360. The largest absolute Gasteiger partial charge is 0.466 e. The second-order valence-electron chi connectivity index (χ2n) is 27.8. The number of aliphatic hydroxyl groups excluding tert-OH is 2. The highest BCUT2D eigenvalue weighted by Gasteiger charge is 2.20. The van der Waals surface area contributed by atoms with Crippen molar-refractivity contribution >= 4 is 11.9 Å². The Labute approximate surface area is 545 Å². The SMILES string of the molecule is CCCCCCCCCCCCCCCCCCCCC(=O)OCCCCCCCCCCCCCCC/C=C\C/C=C\CCCCCCCCCCCCCCCCCCCC(=O)NC(CO)C(O)CCCCCCCCCCCCCCCCC. The predicted octanol–water partition coefficient (Wildman–Crippen LogP) is 26.4. The van der Waals surface area contributed by atoms with Crippen molar-refractivity contribution in [2.24, 2.45) is 0 Å². The van der Waals surface area contributed by atoms with Gasteiger partial charge in [0.2, 0.25) is 5.91 Å². The number of rotatable bonds is 76. The van der Waals surface area contributed by atoms with E-state index in [4.69, 9.17) is 4.74 Å². The van der Waals surface area contributed by atoms with Gasteiger partial charge in [0.05, 0.1) is 25.4 Å². The molecule has 0 bridgehead atoms. The number of hydrogen-bond acceptors (Lipinski definition) is 5. The van der Waals surface area contributed by atoms with Crippen LogP contribution in [0.2, 0.25) is 0 Å². The summed E-state index contributed by atoms with van der Waals surface area (Å²) in [5.74, 6) is -0.00452. The first kappa shape index (κ1) is 85.3. The average Bonchev–Trinajstić information content (AvgIpc) is 3.56. The van der Waals surface area contributed by atoms with Gasteiger partial charge in [0.25, 0.3) is 0 Å². The van der Waals surface area contributed by atoms with Crippen LogP contribution in [0.3, 0.4) is 0 Å². The van der Waals surface area contributed by atoms with Gasteiger partial charge in [-0.1, -0.05) is 411 Å². The number of allylic oxidation sites excluding steroid dienone is 4. The van der Waals surface area contributed by atoms with E-state index in [1.807, 2.05) is 0 Å². The summed E-state index contributed by atoms with van der Waals surface area (Å²) in [5.41, 5.74) is 0. The summed E-state index contributed by atoms with van der Waals surface area (Å²) in [7, 11) is 0. The maximum Gasteiger partial charge on any atom is 0.305 e. The van der Waals surface area contributed by atoms with Crippen molar-refractivity contribution in [2.75, 3.05) is 13.2 Å². The second kappa shape index (κ2) is 76.8. The fourth-order valence-corrected chi connectivity index (χ4v) is 12.9. The highest BCUT2D eigenvalue weighted by Crippen LogP contribution is 2.20. The Hall–Kier alpha value is -1.66. The summed E-state index contributed by atoms with van der Waals surface area (Å²) in [4.78, 5) is 24.6. The van der Waals surface area contributed by atoms with E-state index < -0.39 is 12.1 Å². The van der Waals surface area contributed by atoms with Crippen molar-refractivity contribution < 1.29 is 24.5 Å². The number of unbranched alkanes of at least 4 members (excludes halogenated alkanes) is 61. The first-order valence-electron chi connectivity index (χ1n) is 40.1. The zero-order chi connectivity index (χ0) is 62.8. The predicted molar refractivity (Wildman–Crippen MR) is 384 cm³/mol. The number of amides is 1. The van der Waals surface area contributed by atoms with Crippen molar-refractivity contribution in [2.45, 2.75) is 469 Å². The molecule has 0 aliphatic heterocycles. The molecule has 0 heterocycles. The zero-order valence-corrected chi connectivity index (χ0v) is 59.3. The third-order valence-corrected chi connectivity index (χ3v) is 19.0. The van der Waals surface area contributed by atoms with Gasteiger partial charge < -0.3 is 20.3 Å². The van der Waals surface area contributed by atoms with Gasteiger partial charge in [-0.2, -0.15) is 0 Å². The van der Waals surface area contributed by atoms with Gasteiger partial charge in [-0.05, 0) is 57.8 Å². The molecule has 6 heteroatoms. The molecular formula is C81H157NO5. The van der Waals surface area contributed by atoms with Gasteiger partial charge in [-0.25, -0.2) is 0 Å². The molecule has 516 valence electrons. The van der Waals surface area contributed by atoms with Crippen LogP contribution < -0.4 is 5.32 Å². The number of carbonyl (C=O) groups excluding carboxylic acids is 2. The first-order chi connectivity index (χ1) is 43.0. The molecule has 1 amide bonds.